The molecular weight excluding hydrogens is 743 g/mol. The number of ether oxygens (including phenoxy) is 2. The summed E-state index contributed by atoms with van der Waals surface area (Å²) in [5.41, 5.74) is 0. The van der Waals surface area contributed by atoms with Gasteiger partial charge in [-0.05, 0) is 57.8 Å². The number of carbonyl (C=O) groups excluding carboxylic acids is 1. The van der Waals surface area contributed by atoms with E-state index in [4.69, 9.17) is 9.47 Å². The third-order valence-electron chi connectivity index (χ3n) is 11.7. The zero-order valence-corrected chi connectivity index (χ0v) is 38.0. The highest BCUT2D eigenvalue weighted by atomic mass is 16.7. The third kappa shape index (κ3) is 31.0. The first-order valence-corrected chi connectivity index (χ1v) is 24.7. The van der Waals surface area contributed by atoms with E-state index < -0.39 is 49.5 Å². The fraction of sp³-hybridized carbons (Fsp3) is 0.860. The molecule has 0 bridgehead atoms. The minimum Gasteiger partial charge on any atom is -0.394 e. The number of rotatable bonds is 41. The second-order valence-electron chi connectivity index (χ2n) is 17.2. The molecule has 7 unspecified atom stereocenters. The predicted octanol–water partition coefficient (Wildman–Crippen LogP) is 10.8. The van der Waals surface area contributed by atoms with E-state index in [1.807, 2.05) is 6.08 Å². The van der Waals surface area contributed by atoms with Crippen LogP contribution >= 0.6 is 0 Å². The van der Waals surface area contributed by atoms with Gasteiger partial charge in [0.2, 0.25) is 5.91 Å². The molecule has 0 aromatic heterocycles. The standard InChI is InChI=1S/C50H93NO8/c1-3-5-7-9-11-13-15-17-19-20-21-22-23-24-25-26-28-30-32-34-36-38-40-46(54)51-43(42-58-50-49(57)48(56)47(55)45(41-52)59-50)44(53)39-37-35-33-31-29-27-18-16-14-12-10-8-6-4-2/h23-24,29,31,37,39,43-45,47-50,52-53,55-57H,3-22,25-28,30,32-36,38,40-42H2,1-2H3,(H,51,54)/b24-23-,31-29+,39-37+. The summed E-state index contributed by atoms with van der Waals surface area (Å²) in [5.74, 6) is -0.191. The largest absolute Gasteiger partial charge is 0.394 e. The van der Waals surface area contributed by atoms with Crippen LogP contribution in [0.15, 0.2) is 36.5 Å². The van der Waals surface area contributed by atoms with Gasteiger partial charge in [0.15, 0.2) is 6.29 Å². The normalized spacial score (nSPS) is 21.0. The van der Waals surface area contributed by atoms with Crippen molar-refractivity contribution in [1.29, 1.82) is 0 Å². The fourth-order valence-corrected chi connectivity index (χ4v) is 7.70. The highest BCUT2D eigenvalue weighted by Gasteiger charge is 2.44. The molecule has 7 atom stereocenters. The minimum absolute atomic E-state index is 0.191. The van der Waals surface area contributed by atoms with Crippen LogP contribution < -0.4 is 5.32 Å². The van der Waals surface area contributed by atoms with Gasteiger partial charge >= 0.3 is 0 Å². The molecule has 1 amide bonds. The maximum atomic E-state index is 13.0. The van der Waals surface area contributed by atoms with E-state index in [0.29, 0.717) is 6.42 Å². The van der Waals surface area contributed by atoms with Crippen LogP contribution in [0.5, 0.6) is 0 Å². The first-order valence-electron chi connectivity index (χ1n) is 24.7. The molecular formula is C50H93NO8. The lowest BCUT2D eigenvalue weighted by Crippen LogP contribution is -2.60. The molecule has 1 heterocycles. The molecule has 0 aliphatic carbocycles. The smallest absolute Gasteiger partial charge is 0.220 e. The molecule has 1 aliphatic heterocycles. The van der Waals surface area contributed by atoms with Gasteiger partial charge < -0.3 is 40.3 Å². The number of aliphatic hydroxyl groups is 5. The van der Waals surface area contributed by atoms with Gasteiger partial charge in [0.05, 0.1) is 25.4 Å². The van der Waals surface area contributed by atoms with Crippen LogP contribution in [-0.4, -0.2) is 87.5 Å². The SMILES string of the molecule is CCCCCCCCCC/C=C/CC/C=C/C(O)C(COC1OC(CO)C(O)C(O)C1O)NC(=O)CCCCCCCCC/C=C\CCCCCCCCCCCCC. The lowest BCUT2D eigenvalue weighted by Gasteiger charge is -2.40. The first-order chi connectivity index (χ1) is 28.8. The van der Waals surface area contributed by atoms with Gasteiger partial charge in [0, 0.05) is 6.42 Å². The van der Waals surface area contributed by atoms with E-state index in [2.05, 4.69) is 43.5 Å². The van der Waals surface area contributed by atoms with Crippen molar-refractivity contribution in [1.82, 2.24) is 5.32 Å². The number of aliphatic hydroxyl groups excluding tert-OH is 5. The summed E-state index contributed by atoms with van der Waals surface area (Å²) < 4.78 is 11.2. The molecule has 59 heavy (non-hydrogen) atoms. The van der Waals surface area contributed by atoms with Crippen molar-refractivity contribution in [2.24, 2.45) is 0 Å². The quantitative estimate of drug-likeness (QED) is 0.0263. The average molecular weight is 836 g/mol. The van der Waals surface area contributed by atoms with Gasteiger partial charge in [-0.1, -0.05) is 192 Å². The molecule has 1 saturated heterocycles. The van der Waals surface area contributed by atoms with Crippen LogP contribution in [-0.2, 0) is 14.3 Å². The van der Waals surface area contributed by atoms with Crippen molar-refractivity contribution in [3.63, 3.8) is 0 Å². The van der Waals surface area contributed by atoms with Gasteiger partial charge in [-0.15, -0.1) is 0 Å². The van der Waals surface area contributed by atoms with Crippen molar-refractivity contribution in [3.05, 3.63) is 36.5 Å². The number of carbonyl (C=O) groups is 1. The zero-order valence-electron chi connectivity index (χ0n) is 38.0. The average Bonchev–Trinajstić information content (AvgIpc) is 3.23. The predicted molar refractivity (Wildman–Crippen MR) is 244 cm³/mol. The lowest BCUT2D eigenvalue weighted by atomic mass is 9.99. The summed E-state index contributed by atoms with van der Waals surface area (Å²) in [6.45, 7) is 3.75. The van der Waals surface area contributed by atoms with E-state index in [-0.39, 0.29) is 12.5 Å². The molecule has 0 spiro atoms. The second-order valence-corrected chi connectivity index (χ2v) is 17.2. The molecule has 0 saturated carbocycles. The Morgan fingerprint density at radius 2 is 0.966 bits per heavy atom. The van der Waals surface area contributed by atoms with Crippen LogP contribution in [0.4, 0.5) is 0 Å². The number of nitrogens with one attached hydrogen (secondary N) is 1. The van der Waals surface area contributed by atoms with Crippen LogP contribution in [0.25, 0.3) is 0 Å². The number of allylic oxidation sites excluding steroid dienone is 5. The van der Waals surface area contributed by atoms with Gasteiger partial charge in [-0.3, -0.25) is 4.79 Å². The molecule has 1 rings (SSSR count). The summed E-state index contributed by atoms with van der Waals surface area (Å²) in [4.78, 5) is 13.0. The molecule has 0 radical (unpaired) electrons. The third-order valence-corrected chi connectivity index (χ3v) is 11.7. The summed E-state index contributed by atoms with van der Waals surface area (Å²) in [5, 5.41) is 54.2. The van der Waals surface area contributed by atoms with Crippen LogP contribution in [0, 0.1) is 0 Å². The van der Waals surface area contributed by atoms with Crippen LogP contribution in [0.3, 0.4) is 0 Å². The van der Waals surface area contributed by atoms with Gasteiger partial charge in [-0.25, -0.2) is 0 Å². The Kier molecular flexibility index (Phi) is 38.0. The maximum absolute atomic E-state index is 13.0. The van der Waals surface area contributed by atoms with Crippen LogP contribution in [0.1, 0.15) is 219 Å². The van der Waals surface area contributed by atoms with Crippen molar-refractivity contribution in [3.8, 4) is 0 Å². The molecule has 1 aliphatic rings. The zero-order chi connectivity index (χ0) is 43.0. The second kappa shape index (κ2) is 40.5. The summed E-state index contributed by atoms with van der Waals surface area (Å²) in [7, 11) is 0. The molecule has 6 N–H and O–H groups in total. The molecule has 0 aromatic carbocycles. The van der Waals surface area contributed by atoms with E-state index in [9.17, 15) is 30.3 Å². The lowest BCUT2D eigenvalue weighted by molar-refractivity contribution is -0.302. The minimum atomic E-state index is -1.57. The Hall–Kier alpha value is -1.59. The van der Waals surface area contributed by atoms with E-state index >= 15 is 0 Å². The van der Waals surface area contributed by atoms with Gasteiger partial charge in [0.25, 0.3) is 0 Å². The van der Waals surface area contributed by atoms with Crippen molar-refractivity contribution >= 4 is 5.91 Å². The Morgan fingerprint density at radius 3 is 1.42 bits per heavy atom. The topological polar surface area (TPSA) is 149 Å². The maximum Gasteiger partial charge on any atom is 0.220 e. The van der Waals surface area contributed by atoms with Crippen LogP contribution in [0.2, 0.25) is 0 Å². The number of amides is 1. The van der Waals surface area contributed by atoms with Crippen molar-refractivity contribution in [2.75, 3.05) is 13.2 Å². The van der Waals surface area contributed by atoms with Gasteiger partial charge in [0.1, 0.15) is 24.4 Å². The molecule has 9 nitrogen and oxygen atoms in total. The van der Waals surface area contributed by atoms with Crippen molar-refractivity contribution in [2.45, 2.75) is 262 Å². The highest BCUT2D eigenvalue weighted by Crippen LogP contribution is 2.23. The molecule has 9 heteroatoms. The highest BCUT2D eigenvalue weighted by molar-refractivity contribution is 5.76. The molecule has 0 aromatic rings. The van der Waals surface area contributed by atoms with E-state index in [1.165, 1.54) is 148 Å². The molecule has 346 valence electrons. The Bertz CT molecular complexity index is 1020. The monoisotopic (exact) mass is 836 g/mol. The number of hydrogen-bond acceptors (Lipinski definition) is 8. The molecule has 1 fully saturated rings. The first kappa shape index (κ1) is 55.4. The summed E-state index contributed by atoms with van der Waals surface area (Å²) in [6.07, 6.45) is 43.4. The van der Waals surface area contributed by atoms with Crippen molar-refractivity contribution < 1.29 is 39.8 Å². The van der Waals surface area contributed by atoms with E-state index in [0.717, 1.165) is 51.4 Å². The summed E-state index contributed by atoms with van der Waals surface area (Å²) in [6, 6.07) is -0.822. The van der Waals surface area contributed by atoms with Gasteiger partial charge in [-0.2, -0.15) is 0 Å². The van der Waals surface area contributed by atoms with E-state index in [1.54, 1.807) is 6.08 Å². The number of hydrogen-bond donors (Lipinski definition) is 6. The Morgan fingerprint density at radius 1 is 0.559 bits per heavy atom. The Balaban J connectivity index is 2.31. The fourth-order valence-electron chi connectivity index (χ4n) is 7.70. The number of unbranched alkanes of at least 4 members (excludes halogenated alkanes) is 27. The summed E-state index contributed by atoms with van der Waals surface area (Å²) >= 11 is 0. The Labute approximate surface area is 361 Å².